The van der Waals surface area contributed by atoms with Crippen molar-refractivity contribution < 1.29 is 9.90 Å². The van der Waals surface area contributed by atoms with Gasteiger partial charge in [-0.1, -0.05) is 42.5 Å². The molecule has 0 saturated carbocycles. The highest BCUT2D eigenvalue weighted by atomic mass is 16.4. The van der Waals surface area contributed by atoms with Crippen LogP contribution in [0, 0.1) is 12.8 Å². The summed E-state index contributed by atoms with van der Waals surface area (Å²) in [6.07, 6.45) is 0. The lowest BCUT2D eigenvalue weighted by Crippen LogP contribution is -2.50. The highest BCUT2D eigenvalue weighted by Gasteiger charge is 2.32. The first-order valence-electron chi connectivity index (χ1n) is 8.59. The second kappa shape index (κ2) is 6.59. The summed E-state index contributed by atoms with van der Waals surface area (Å²) in [6.45, 7) is 3.07. The third-order valence-corrected chi connectivity index (χ3v) is 4.62. The number of aryl methyl sites for hydroxylation is 1. The van der Waals surface area contributed by atoms with Crippen molar-refractivity contribution >= 4 is 11.7 Å². The van der Waals surface area contributed by atoms with E-state index in [0.717, 1.165) is 28.2 Å². The van der Waals surface area contributed by atoms with Gasteiger partial charge in [0.1, 0.15) is 0 Å². The summed E-state index contributed by atoms with van der Waals surface area (Å²) in [7, 11) is 0. The van der Waals surface area contributed by atoms with Gasteiger partial charge >= 0.3 is 5.97 Å². The zero-order chi connectivity index (χ0) is 18.1. The van der Waals surface area contributed by atoms with Crippen LogP contribution in [0.25, 0.3) is 22.6 Å². The number of carboxylic acid groups (broad SMARTS) is 1. The summed E-state index contributed by atoms with van der Waals surface area (Å²) in [6, 6.07) is 20.0. The van der Waals surface area contributed by atoms with E-state index in [9.17, 15) is 4.79 Å². The molecule has 0 aliphatic carbocycles. The van der Waals surface area contributed by atoms with Crippen LogP contribution in [0.5, 0.6) is 0 Å². The first-order valence-corrected chi connectivity index (χ1v) is 8.59. The molecule has 3 aromatic rings. The number of hydrogen-bond acceptors (Lipinski definition) is 4. The fraction of sp³-hybridized carbons (Fsp3) is 0.190. The van der Waals surface area contributed by atoms with Gasteiger partial charge in [-0.05, 0) is 25.1 Å². The van der Waals surface area contributed by atoms with Crippen LogP contribution in [0.2, 0.25) is 0 Å². The number of anilines is 1. The Morgan fingerprint density at radius 1 is 1.00 bits per heavy atom. The molecule has 0 amide bonds. The van der Waals surface area contributed by atoms with Crippen molar-refractivity contribution in [2.75, 3.05) is 18.0 Å². The Morgan fingerprint density at radius 2 is 1.73 bits per heavy atom. The molecule has 0 bridgehead atoms. The van der Waals surface area contributed by atoms with Gasteiger partial charge in [-0.2, -0.15) is 0 Å². The fourth-order valence-electron chi connectivity index (χ4n) is 3.14. The van der Waals surface area contributed by atoms with Gasteiger partial charge in [-0.3, -0.25) is 4.79 Å². The number of hydrogen-bond donors (Lipinski definition) is 1. The Hall–Kier alpha value is -3.21. The summed E-state index contributed by atoms with van der Waals surface area (Å²) in [4.78, 5) is 22.4. The fourth-order valence-corrected chi connectivity index (χ4v) is 3.14. The summed E-state index contributed by atoms with van der Waals surface area (Å²) in [5, 5.41) is 9.06. The highest BCUT2D eigenvalue weighted by Crippen LogP contribution is 2.29. The van der Waals surface area contributed by atoms with E-state index in [-0.39, 0.29) is 5.92 Å². The van der Waals surface area contributed by atoms with E-state index in [1.54, 1.807) is 0 Å². The Bertz CT molecular complexity index is 950. The SMILES string of the molecule is Cc1cc(-c2cccc(N3CC(C(=O)O)C3)c2)nc(-c2ccccc2)n1. The summed E-state index contributed by atoms with van der Waals surface area (Å²) in [5.74, 6) is -0.290. The Kier molecular flexibility index (Phi) is 4.13. The van der Waals surface area contributed by atoms with Crippen LogP contribution in [-0.4, -0.2) is 34.1 Å². The molecule has 26 heavy (non-hydrogen) atoms. The molecule has 2 heterocycles. The lowest BCUT2D eigenvalue weighted by atomic mass is 9.98. The second-order valence-corrected chi connectivity index (χ2v) is 6.57. The Balaban J connectivity index is 1.65. The predicted octanol–water partition coefficient (Wildman–Crippen LogP) is 3.64. The van der Waals surface area contributed by atoms with Crippen LogP contribution < -0.4 is 4.90 Å². The smallest absolute Gasteiger partial charge is 0.310 e. The predicted molar refractivity (Wildman–Crippen MR) is 101 cm³/mol. The van der Waals surface area contributed by atoms with E-state index in [4.69, 9.17) is 10.1 Å². The van der Waals surface area contributed by atoms with Crippen LogP contribution in [0.3, 0.4) is 0 Å². The molecule has 1 aliphatic heterocycles. The molecule has 1 aliphatic rings. The number of nitrogens with zero attached hydrogens (tertiary/aromatic N) is 3. The zero-order valence-electron chi connectivity index (χ0n) is 14.5. The first-order chi connectivity index (χ1) is 12.6. The van der Waals surface area contributed by atoms with Crippen LogP contribution >= 0.6 is 0 Å². The summed E-state index contributed by atoms with van der Waals surface area (Å²) >= 11 is 0. The average molecular weight is 345 g/mol. The number of aromatic nitrogens is 2. The summed E-state index contributed by atoms with van der Waals surface area (Å²) in [5.41, 5.74) is 4.80. The minimum atomic E-state index is -0.726. The number of rotatable bonds is 4. The number of carboxylic acids is 1. The Morgan fingerprint density at radius 3 is 2.46 bits per heavy atom. The molecule has 0 atom stereocenters. The van der Waals surface area contributed by atoms with Crippen LogP contribution in [0.4, 0.5) is 5.69 Å². The van der Waals surface area contributed by atoms with Gasteiger partial charge < -0.3 is 10.0 Å². The molecule has 1 aromatic heterocycles. The van der Waals surface area contributed by atoms with E-state index >= 15 is 0 Å². The van der Waals surface area contributed by atoms with Crippen LogP contribution in [-0.2, 0) is 4.79 Å². The molecule has 1 saturated heterocycles. The van der Waals surface area contributed by atoms with Gasteiger partial charge in [0.2, 0.25) is 0 Å². The molecular formula is C21H19N3O2. The van der Waals surface area contributed by atoms with Crippen molar-refractivity contribution in [2.24, 2.45) is 5.92 Å². The lowest BCUT2D eigenvalue weighted by molar-refractivity contribution is -0.142. The maximum atomic E-state index is 11.0. The average Bonchev–Trinajstić information content (AvgIpc) is 2.61. The number of carbonyl (C=O) groups is 1. The van der Waals surface area contributed by atoms with Crippen molar-refractivity contribution in [1.82, 2.24) is 9.97 Å². The van der Waals surface area contributed by atoms with E-state index in [0.29, 0.717) is 18.9 Å². The first kappa shape index (κ1) is 16.3. The molecule has 5 heteroatoms. The lowest BCUT2D eigenvalue weighted by Gasteiger charge is -2.38. The van der Waals surface area contributed by atoms with Crippen molar-refractivity contribution in [1.29, 1.82) is 0 Å². The third kappa shape index (κ3) is 3.16. The molecule has 0 radical (unpaired) electrons. The second-order valence-electron chi connectivity index (χ2n) is 6.57. The standard InChI is InChI=1S/C21H19N3O2/c1-14-10-19(23-20(22-14)15-6-3-2-4-7-15)16-8-5-9-18(11-16)24-12-17(13-24)21(25)26/h2-11,17H,12-13H2,1H3,(H,25,26). The zero-order valence-corrected chi connectivity index (χ0v) is 14.5. The normalized spacial score (nSPS) is 14.1. The van der Waals surface area contributed by atoms with Gasteiger partial charge in [-0.15, -0.1) is 0 Å². The largest absolute Gasteiger partial charge is 0.481 e. The minimum absolute atomic E-state index is 0.273. The Labute approximate surface area is 152 Å². The number of aliphatic carboxylic acids is 1. The maximum Gasteiger partial charge on any atom is 0.310 e. The number of benzene rings is 2. The van der Waals surface area contributed by atoms with Crippen molar-refractivity contribution in [3.8, 4) is 22.6 Å². The van der Waals surface area contributed by atoms with Gasteiger partial charge in [-0.25, -0.2) is 9.97 Å². The topological polar surface area (TPSA) is 66.3 Å². The van der Waals surface area contributed by atoms with Crippen LogP contribution in [0.1, 0.15) is 5.69 Å². The summed E-state index contributed by atoms with van der Waals surface area (Å²) < 4.78 is 0. The monoisotopic (exact) mass is 345 g/mol. The quantitative estimate of drug-likeness (QED) is 0.782. The molecule has 1 N–H and O–H groups in total. The van der Waals surface area contributed by atoms with E-state index in [2.05, 4.69) is 16.0 Å². The molecule has 2 aromatic carbocycles. The van der Waals surface area contributed by atoms with Gasteiger partial charge in [0.25, 0.3) is 0 Å². The van der Waals surface area contributed by atoms with E-state index < -0.39 is 5.97 Å². The van der Waals surface area contributed by atoms with Crippen molar-refractivity contribution in [2.45, 2.75) is 6.92 Å². The van der Waals surface area contributed by atoms with Gasteiger partial charge in [0.05, 0.1) is 11.6 Å². The van der Waals surface area contributed by atoms with Crippen molar-refractivity contribution in [3.05, 3.63) is 66.4 Å². The van der Waals surface area contributed by atoms with Crippen LogP contribution in [0.15, 0.2) is 60.7 Å². The van der Waals surface area contributed by atoms with E-state index in [1.807, 2.05) is 61.5 Å². The molecule has 5 nitrogen and oxygen atoms in total. The minimum Gasteiger partial charge on any atom is -0.481 e. The molecular weight excluding hydrogens is 326 g/mol. The molecule has 0 unspecified atom stereocenters. The third-order valence-electron chi connectivity index (χ3n) is 4.62. The molecule has 130 valence electrons. The van der Waals surface area contributed by atoms with E-state index in [1.165, 1.54) is 0 Å². The highest BCUT2D eigenvalue weighted by molar-refractivity contribution is 5.75. The van der Waals surface area contributed by atoms with Crippen molar-refractivity contribution in [3.63, 3.8) is 0 Å². The molecule has 0 spiro atoms. The van der Waals surface area contributed by atoms with Gasteiger partial charge in [0, 0.05) is 35.6 Å². The van der Waals surface area contributed by atoms with Gasteiger partial charge in [0.15, 0.2) is 5.82 Å². The molecule has 1 fully saturated rings. The maximum absolute atomic E-state index is 11.0. The molecule has 4 rings (SSSR count).